The van der Waals surface area contributed by atoms with Crippen LogP contribution >= 0.6 is 0 Å². The van der Waals surface area contributed by atoms with Crippen molar-refractivity contribution >= 4 is 33.4 Å². The van der Waals surface area contributed by atoms with Crippen LogP contribution in [0, 0.1) is 10.1 Å². The third-order valence-corrected chi connectivity index (χ3v) is 7.30. The molecule has 11 heteroatoms. The first-order valence-electron chi connectivity index (χ1n) is 13.1. The molecule has 6 rings (SSSR count). The van der Waals surface area contributed by atoms with Gasteiger partial charge in [-0.15, -0.1) is 0 Å². The Balaban J connectivity index is 1.22. The molecule has 11 nitrogen and oxygen atoms in total. The number of benzene rings is 3. The lowest BCUT2D eigenvalue weighted by atomic mass is 10.00. The SMILES string of the molecule is [N-]=[N+]=N[C@@H]1CCN(Cc2ccc3cncc(-c4cc5ccccc5o4)c3c2)C[C@@H]1OC(=O)c1ccc([N+](=O)[O-])cc1. The lowest BCUT2D eigenvalue weighted by Gasteiger charge is -2.36. The molecule has 0 spiro atoms. The molecule has 0 saturated carbocycles. The minimum Gasteiger partial charge on any atom is -0.457 e. The number of esters is 1. The molecule has 3 aromatic carbocycles. The Bertz CT molecular complexity index is 1780. The summed E-state index contributed by atoms with van der Waals surface area (Å²) in [6.07, 6.45) is 3.48. The molecular weight excluding hydrogens is 524 g/mol. The number of non-ortho nitro benzene ring substituents is 1. The molecule has 0 unspecified atom stereocenters. The highest BCUT2D eigenvalue weighted by atomic mass is 16.6. The largest absolute Gasteiger partial charge is 0.457 e. The lowest BCUT2D eigenvalue weighted by molar-refractivity contribution is -0.384. The molecule has 1 fully saturated rings. The molecule has 1 saturated heterocycles. The Morgan fingerprint density at radius 2 is 1.95 bits per heavy atom. The maximum Gasteiger partial charge on any atom is 0.338 e. The van der Waals surface area contributed by atoms with Crippen LogP contribution in [0.3, 0.4) is 0 Å². The fourth-order valence-electron chi connectivity index (χ4n) is 5.23. The topological polar surface area (TPSA) is 147 Å². The van der Waals surface area contributed by atoms with Crippen LogP contribution in [-0.4, -0.2) is 46.0 Å². The molecule has 0 aliphatic carbocycles. The van der Waals surface area contributed by atoms with Crippen molar-refractivity contribution in [2.45, 2.75) is 25.1 Å². The van der Waals surface area contributed by atoms with Gasteiger partial charge >= 0.3 is 5.97 Å². The van der Waals surface area contributed by atoms with Gasteiger partial charge in [0.25, 0.3) is 5.69 Å². The summed E-state index contributed by atoms with van der Waals surface area (Å²) in [5, 5.41) is 17.8. The van der Waals surface area contributed by atoms with Crippen LogP contribution in [0.2, 0.25) is 0 Å². The van der Waals surface area contributed by atoms with Crippen molar-refractivity contribution < 1.29 is 18.9 Å². The first kappa shape index (κ1) is 26.0. The number of fused-ring (bicyclic) bond motifs is 2. The van der Waals surface area contributed by atoms with Gasteiger partial charge < -0.3 is 9.15 Å². The van der Waals surface area contributed by atoms with Gasteiger partial charge in [0.15, 0.2) is 0 Å². The van der Waals surface area contributed by atoms with Crippen LogP contribution < -0.4 is 0 Å². The zero-order valence-corrected chi connectivity index (χ0v) is 21.8. The van der Waals surface area contributed by atoms with Gasteiger partial charge in [0, 0.05) is 58.9 Å². The van der Waals surface area contributed by atoms with Crippen molar-refractivity contribution in [2.24, 2.45) is 5.11 Å². The number of piperidine rings is 1. The maximum atomic E-state index is 12.8. The van der Waals surface area contributed by atoms with Crippen LogP contribution in [0.5, 0.6) is 0 Å². The van der Waals surface area contributed by atoms with Crippen LogP contribution in [-0.2, 0) is 11.3 Å². The number of azide groups is 1. The summed E-state index contributed by atoms with van der Waals surface area (Å²) in [5.74, 6) is 0.119. The number of hydrogen-bond acceptors (Lipinski definition) is 8. The number of furan rings is 1. The Hall–Kier alpha value is -5.25. The molecule has 2 atom stereocenters. The van der Waals surface area contributed by atoms with Gasteiger partial charge in [-0.1, -0.05) is 35.4 Å². The summed E-state index contributed by atoms with van der Waals surface area (Å²) < 4.78 is 11.9. The number of ether oxygens (including phenoxy) is 1. The number of pyridine rings is 1. The van der Waals surface area contributed by atoms with E-state index in [9.17, 15) is 14.9 Å². The maximum absolute atomic E-state index is 12.8. The molecule has 0 radical (unpaired) electrons. The minimum atomic E-state index is -0.668. The predicted octanol–water partition coefficient (Wildman–Crippen LogP) is 6.67. The molecule has 41 heavy (non-hydrogen) atoms. The summed E-state index contributed by atoms with van der Waals surface area (Å²) in [4.78, 5) is 32.7. The smallest absolute Gasteiger partial charge is 0.338 e. The van der Waals surface area contributed by atoms with Gasteiger partial charge in [0.2, 0.25) is 0 Å². The monoisotopic (exact) mass is 548 g/mol. The Kier molecular flexibility index (Phi) is 7.03. The van der Waals surface area contributed by atoms with E-state index in [2.05, 4.69) is 26.0 Å². The fourth-order valence-corrected chi connectivity index (χ4v) is 5.23. The van der Waals surface area contributed by atoms with Crippen LogP contribution in [0.1, 0.15) is 22.3 Å². The van der Waals surface area contributed by atoms with E-state index < -0.39 is 23.0 Å². The number of likely N-dealkylation sites (tertiary alicyclic amines) is 1. The van der Waals surface area contributed by atoms with Gasteiger partial charge in [-0.25, -0.2) is 4.79 Å². The van der Waals surface area contributed by atoms with Crippen LogP contribution in [0.15, 0.2) is 94.7 Å². The van der Waals surface area contributed by atoms with Crippen molar-refractivity contribution in [1.82, 2.24) is 9.88 Å². The van der Waals surface area contributed by atoms with Crippen LogP contribution in [0.25, 0.3) is 43.5 Å². The van der Waals surface area contributed by atoms with Gasteiger partial charge in [-0.05, 0) is 59.8 Å². The fraction of sp³-hybridized carbons (Fsp3) is 0.200. The van der Waals surface area contributed by atoms with Crippen molar-refractivity contribution in [2.75, 3.05) is 13.1 Å². The number of para-hydroxylation sites is 1. The first-order valence-corrected chi connectivity index (χ1v) is 13.1. The Labute approximate surface area is 233 Å². The molecule has 0 amide bonds. The molecule has 2 aromatic heterocycles. The minimum absolute atomic E-state index is 0.119. The zero-order chi connectivity index (χ0) is 28.3. The number of carbonyl (C=O) groups excluding carboxylic acids is 1. The van der Waals surface area contributed by atoms with Crippen LogP contribution in [0.4, 0.5) is 5.69 Å². The highest BCUT2D eigenvalue weighted by Gasteiger charge is 2.32. The third kappa shape index (κ3) is 5.44. The lowest BCUT2D eigenvalue weighted by Crippen LogP contribution is -2.47. The standard InChI is InChI=1S/C30H24N6O5/c31-34-33-26-11-12-35(18-29(26)41-30(37)20-7-9-23(10-8-20)36(38)39)17-19-5-6-22-15-32-16-25(24(22)13-19)28-14-21-3-1-2-4-27(21)40-28/h1-10,13-16,26,29H,11-12,17-18H2/t26-,29+/m1/s1. The van der Waals surface area contributed by atoms with E-state index in [4.69, 9.17) is 14.7 Å². The van der Waals surface area contributed by atoms with E-state index in [1.165, 1.54) is 24.3 Å². The van der Waals surface area contributed by atoms with E-state index in [0.29, 0.717) is 26.1 Å². The van der Waals surface area contributed by atoms with Gasteiger partial charge in [0.05, 0.1) is 16.5 Å². The number of carbonyl (C=O) groups is 1. The van der Waals surface area contributed by atoms with Crippen molar-refractivity contribution in [3.8, 4) is 11.3 Å². The molecule has 0 N–H and O–H groups in total. The molecular formula is C30H24N6O5. The van der Waals surface area contributed by atoms with E-state index in [1.54, 1.807) is 0 Å². The molecule has 1 aliphatic heterocycles. The van der Waals surface area contributed by atoms with Gasteiger partial charge in [-0.2, -0.15) is 0 Å². The number of nitrogens with zero attached hydrogens (tertiary/aromatic N) is 6. The zero-order valence-electron chi connectivity index (χ0n) is 21.8. The average Bonchev–Trinajstić information content (AvgIpc) is 3.42. The number of nitro groups is 1. The number of rotatable bonds is 7. The van der Waals surface area contributed by atoms with E-state index in [0.717, 1.165) is 38.6 Å². The molecule has 0 bridgehead atoms. The number of hydrogen-bond donors (Lipinski definition) is 0. The number of nitro benzene ring substituents is 1. The first-order chi connectivity index (χ1) is 20.0. The summed E-state index contributed by atoms with van der Waals surface area (Å²) in [6, 6.07) is 20.8. The summed E-state index contributed by atoms with van der Waals surface area (Å²) in [5.41, 5.74) is 11.9. The quantitative estimate of drug-likeness (QED) is 0.0551. The Morgan fingerprint density at radius 1 is 1.12 bits per heavy atom. The molecule has 3 heterocycles. The summed E-state index contributed by atoms with van der Waals surface area (Å²) >= 11 is 0. The third-order valence-electron chi connectivity index (χ3n) is 7.30. The second-order valence-electron chi connectivity index (χ2n) is 9.93. The summed E-state index contributed by atoms with van der Waals surface area (Å²) in [6.45, 7) is 1.61. The van der Waals surface area contributed by atoms with Crippen molar-refractivity contribution in [3.05, 3.63) is 117 Å². The van der Waals surface area contributed by atoms with Gasteiger partial charge in [-0.3, -0.25) is 20.0 Å². The highest BCUT2D eigenvalue weighted by molar-refractivity contribution is 5.97. The van der Waals surface area contributed by atoms with Gasteiger partial charge in [0.1, 0.15) is 17.4 Å². The highest BCUT2D eigenvalue weighted by Crippen LogP contribution is 2.33. The molecule has 5 aromatic rings. The normalized spacial score (nSPS) is 17.3. The summed E-state index contributed by atoms with van der Waals surface area (Å²) in [7, 11) is 0. The van der Waals surface area contributed by atoms with E-state index in [1.807, 2.05) is 54.9 Å². The molecule has 204 valence electrons. The molecule has 1 aliphatic rings. The second kappa shape index (κ2) is 11.1. The Morgan fingerprint density at radius 3 is 2.73 bits per heavy atom. The predicted molar refractivity (Wildman–Crippen MR) is 152 cm³/mol. The van der Waals surface area contributed by atoms with E-state index in [-0.39, 0.29) is 11.3 Å². The average molecular weight is 549 g/mol. The van der Waals surface area contributed by atoms with E-state index >= 15 is 0 Å². The number of aromatic nitrogens is 1. The second-order valence-corrected chi connectivity index (χ2v) is 9.93. The van der Waals surface area contributed by atoms with Crippen molar-refractivity contribution in [3.63, 3.8) is 0 Å². The van der Waals surface area contributed by atoms with Crippen molar-refractivity contribution in [1.29, 1.82) is 0 Å².